The van der Waals surface area contributed by atoms with Crippen molar-refractivity contribution in [3.8, 4) is 22.6 Å². The molecule has 0 aliphatic carbocycles. The number of nitrogens with zero attached hydrogens (tertiary/aromatic N) is 2. The Labute approximate surface area is 137 Å². The van der Waals surface area contributed by atoms with Gasteiger partial charge in [-0.2, -0.15) is 0 Å². The average molecular weight is 313 g/mol. The van der Waals surface area contributed by atoms with Crippen LogP contribution in [0, 0.1) is 0 Å². The summed E-state index contributed by atoms with van der Waals surface area (Å²) in [7, 11) is 3.30. The van der Waals surface area contributed by atoms with Crippen molar-refractivity contribution in [2.24, 2.45) is 0 Å². The number of piperazine rings is 1. The summed E-state index contributed by atoms with van der Waals surface area (Å²) in [5, 5.41) is 3.38. The van der Waals surface area contributed by atoms with Crippen LogP contribution < -0.4 is 14.8 Å². The van der Waals surface area contributed by atoms with Gasteiger partial charge in [-0.15, -0.1) is 0 Å². The summed E-state index contributed by atoms with van der Waals surface area (Å²) < 4.78 is 10.7. The van der Waals surface area contributed by atoms with Gasteiger partial charge in [-0.1, -0.05) is 6.07 Å². The minimum absolute atomic E-state index is 0.734. The minimum Gasteiger partial charge on any atom is -0.493 e. The molecule has 0 radical (unpaired) electrons. The highest BCUT2D eigenvalue weighted by molar-refractivity contribution is 5.67. The third-order valence-corrected chi connectivity index (χ3v) is 4.13. The van der Waals surface area contributed by atoms with Crippen molar-refractivity contribution in [2.75, 3.05) is 40.4 Å². The molecule has 5 heteroatoms. The number of benzene rings is 1. The van der Waals surface area contributed by atoms with Crippen LogP contribution in [0.4, 0.5) is 0 Å². The van der Waals surface area contributed by atoms with Crippen LogP contribution in [-0.2, 0) is 6.54 Å². The third-order valence-electron chi connectivity index (χ3n) is 4.13. The fourth-order valence-electron chi connectivity index (χ4n) is 2.88. The number of hydrogen-bond acceptors (Lipinski definition) is 5. The van der Waals surface area contributed by atoms with Crippen molar-refractivity contribution in [1.82, 2.24) is 15.2 Å². The predicted octanol–water partition coefficient (Wildman–Crippen LogP) is 2.17. The van der Waals surface area contributed by atoms with Crippen molar-refractivity contribution in [1.29, 1.82) is 0 Å². The number of ether oxygens (including phenoxy) is 2. The molecule has 1 N–H and O–H groups in total. The second-order valence-electron chi connectivity index (χ2n) is 5.68. The minimum atomic E-state index is 0.734. The largest absolute Gasteiger partial charge is 0.493 e. The number of nitrogens with one attached hydrogen (secondary N) is 1. The topological polar surface area (TPSA) is 46.6 Å². The Morgan fingerprint density at radius 2 is 1.78 bits per heavy atom. The van der Waals surface area contributed by atoms with Crippen molar-refractivity contribution in [3.63, 3.8) is 0 Å². The molecule has 1 fully saturated rings. The quantitative estimate of drug-likeness (QED) is 0.917. The molecule has 122 valence electrons. The standard InChI is InChI=1S/C18H23N3O2/c1-22-17-4-3-15(10-18(17)23-2)16-9-14(11-20-12-16)13-21-7-5-19-6-8-21/h3-4,9-12,19H,5-8,13H2,1-2H3. The van der Waals surface area contributed by atoms with Gasteiger partial charge in [-0.05, 0) is 29.3 Å². The van der Waals surface area contributed by atoms with E-state index in [0.717, 1.165) is 55.3 Å². The van der Waals surface area contributed by atoms with Crippen LogP contribution in [0.1, 0.15) is 5.56 Å². The van der Waals surface area contributed by atoms with Gasteiger partial charge in [0.05, 0.1) is 14.2 Å². The zero-order valence-electron chi connectivity index (χ0n) is 13.7. The van der Waals surface area contributed by atoms with Gasteiger partial charge in [0, 0.05) is 50.7 Å². The van der Waals surface area contributed by atoms with Crippen molar-refractivity contribution in [3.05, 3.63) is 42.2 Å². The molecule has 2 aromatic rings. The fraction of sp³-hybridized carbons (Fsp3) is 0.389. The molecule has 23 heavy (non-hydrogen) atoms. The first-order valence-corrected chi connectivity index (χ1v) is 7.89. The number of methoxy groups -OCH3 is 2. The lowest BCUT2D eigenvalue weighted by atomic mass is 10.0. The first kappa shape index (κ1) is 15.8. The van der Waals surface area contributed by atoms with E-state index < -0.39 is 0 Å². The molecular weight excluding hydrogens is 290 g/mol. The van der Waals surface area contributed by atoms with Gasteiger partial charge in [-0.3, -0.25) is 9.88 Å². The second-order valence-corrected chi connectivity index (χ2v) is 5.68. The van der Waals surface area contributed by atoms with Crippen molar-refractivity contribution < 1.29 is 9.47 Å². The second kappa shape index (κ2) is 7.44. The van der Waals surface area contributed by atoms with E-state index >= 15 is 0 Å². The normalized spacial score (nSPS) is 15.4. The van der Waals surface area contributed by atoms with Gasteiger partial charge in [0.15, 0.2) is 11.5 Å². The lowest BCUT2D eigenvalue weighted by molar-refractivity contribution is 0.233. The molecule has 0 spiro atoms. The molecule has 1 aromatic heterocycles. The van der Waals surface area contributed by atoms with E-state index in [0.29, 0.717) is 0 Å². The van der Waals surface area contributed by atoms with E-state index in [1.807, 2.05) is 30.6 Å². The highest BCUT2D eigenvalue weighted by Crippen LogP contribution is 2.32. The van der Waals surface area contributed by atoms with Crippen molar-refractivity contribution >= 4 is 0 Å². The molecule has 0 saturated carbocycles. The number of pyridine rings is 1. The fourth-order valence-corrected chi connectivity index (χ4v) is 2.88. The smallest absolute Gasteiger partial charge is 0.161 e. The summed E-state index contributed by atoms with van der Waals surface area (Å²) in [6.07, 6.45) is 3.84. The lowest BCUT2D eigenvalue weighted by Crippen LogP contribution is -2.42. The van der Waals surface area contributed by atoms with E-state index in [4.69, 9.17) is 9.47 Å². The molecule has 0 unspecified atom stereocenters. The van der Waals surface area contributed by atoms with E-state index in [1.165, 1.54) is 5.56 Å². The van der Waals surface area contributed by atoms with Crippen LogP contribution in [0.5, 0.6) is 11.5 Å². The van der Waals surface area contributed by atoms with Crippen LogP contribution in [-0.4, -0.2) is 50.3 Å². The Morgan fingerprint density at radius 3 is 2.52 bits per heavy atom. The van der Waals surface area contributed by atoms with E-state index in [-0.39, 0.29) is 0 Å². The summed E-state index contributed by atoms with van der Waals surface area (Å²) in [6, 6.07) is 8.16. The van der Waals surface area contributed by atoms with E-state index in [1.54, 1.807) is 14.2 Å². The summed E-state index contributed by atoms with van der Waals surface area (Å²) in [4.78, 5) is 6.86. The van der Waals surface area contributed by atoms with Gasteiger partial charge in [0.2, 0.25) is 0 Å². The first-order chi connectivity index (χ1) is 11.3. The Kier molecular flexibility index (Phi) is 5.10. The summed E-state index contributed by atoms with van der Waals surface area (Å²) in [5.41, 5.74) is 3.41. The van der Waals surface area contributed by atoms with Crippen LogP contribution >= 0.6 is 0 Å². The van der Waals surface area contributed by atoms with Crippen LogP contribution in [0.15, 0.2) is 36.7 Å². The van der Waals surface area contributed by atoms with Gasteiger partial charge >= 0.3 is 0 Å². The SMILES string of the molecule is COc1ccc(-c2cncc(CN3CCNCC3)c2)cc1OC. The van der Waals surface area contributed by atoms with Crippen LogP contribution in [0.3, 0.4) is 0 Å². The third kappa shape index (κ3) is 3.81. The molecule has 5 nitrogen and oxygen atoms in total. The maximum atomic E-state index is 5.39. The maximum Gasteiger partial charge on any atom is 0.161 e. The van der Waals surface area contributed by atoms with Gasteiger partial charge < -0.3 is 14.8 Å². The Hall–Kier alpha value is -2.11. The monoisotopic (exact) mass is 313 g/mol. The highest BCUT2D eigenvalue weighted by atomic mass is 16.5. The van der Waals surface area contributed by atoms with Crippen LogP contribution in [0.2, 0.25) is 0 Å². The number of aromatic nitrogens is 1. The molecule has 2 heterocycles. The molecule has 0 atom stereocenters. The molecule has 3 rings (SSSR count). The molecule has 1 aromatic carbocycles. The Balaban J connectivity index is 1.81. The Morgan fingerprint density at radius 1 is 1.00 bits per heavy atom. The van der Waals surface area contributed by atoms with Gasteiger partial charge in [-0.25, -0.2) is 0 Å². The maximum absolute atomic E-state index is 5.39. The Bertz CT molecular complexity index is 654. The molecule has 1 aliphatic heterocycles. The predicted molar refractivity (Wildman–Crippen MR) is 90.9 cm³/mol. The first-order valence-electron chi connectivity index (χ1n) is 7.89. The van der Waals surface area contributed by atoms with Gasteiger partial charge in [0.25, 0.3) is 0 Å². The van der Waals surface area contributed by atoms with Crippen molar-refractivity contribution in [2.45, 2.75) is 6.54 Å². The van der Waals surface area contributed by atoms with Crippen LogP contribution in [0.25, 0.3) is 11.1 Å². The molecule has 0 amide bonds. The summed E-state index contributed by atoms with van der Waals surface area (Å²) in [6.45, 7) is 5.22. The average Bonchev–Trinajstić information content (AvgIpc) is 2.62. The summed E-state index contributed by atoms with van der Waals surface area (Å²) >= 11 is 0. The number of hydrogen-bond donors (Lipinski definition) is 1. The molecule has 1 aliphatic rings. The van der Waals surface area contributed by atoms with E-state index in [2.05, 4.69) is 21.3 Å². The highest BCUT2D eigenvalue weighted by Gasteiger charge is 2.11. The zero-order valence-corrected chi connectivity index (χ0v) is 13.7. The molecule has 1 saturated heterocycles. The zero-order chi connectivity index (χ0) is 16.1. The molecular formula is C18H23N3O2. The van der Waals surface area contributed by atoms with Gasteiger partial charge in [0.1, 0.15) is 0 Å². The summed E-state index contributed by atoms with van der Waals surface area (Å²) in [5.74, 6) is 1.47. The number of rotatable bonds is 5. The van der Waals surface area contributed by atoms with E-state index in [9.17, 15) is 0 Å². The molecule has 0 bridgehead atoms. The lowest BCUT2D eigenvalue weighted by Gasteiger charge is -2.27.